The zero-order valence-corrected chi connectivity index (χ0v) is 14.3. The lowest BCUT2D eigenvalue weighted by Crippen LogP contribution is -2.29. The first-order chi connectivity index (χ1) is 10.1. The lowest BCUT2D eigenvalue weighted by Gasteiger charge is -2.05. The predicted octanol–water partition coefficient (Wildman–Crippen LogP) is 3.20. The van der Waals surface area contributed by atoms with E-state index in [-0.39, 0.29) is 24.4 Å². The van der Waals surface area contributed by atoms with Crippen LogP contribution in [0.15, 0.2) is 35.7 Å². The van der Waals surface area contributed by atoms with Gasteiger partial charge in [-0.2, -0.15) is 0 Å². The number of ether oxygens (including phenoxy) is 1. The van der Waals surface area contributed by atoms with E-state index in [9.17, 15) is 4.79 Å². The highest BCUT2D eigenvalue weighted by Crippen LogP contribution is 2.27. The molecule has 1 unspecified atom stereocenters. The number of halogens is 1. The first-order valence-electron chi connectivity index (χ1n) is 6.82. The van der Waals surface area contributed by atoms with E-state index < -0.39 is 0 Å². The van der Waals surface area contributed by atoms with Crippen molar-refractivity contribution in [1.82, 2.24) is 5.32 Å². The van der Waals surface area contributed by atoms with Crippen molar-refractivity contribution < 1.29 is 9.53 Å². The van der Waals surface area contributed by atoms with E-state index >= 15 is 0 Å². The first kappa shape index (κ1) is 18.5. The fourth-order valence-corrected chi connectivity index (χ4v) is 2.79. The second-order valence-electron chi connectivity index (χ2n) is 4.99. The molecule has 6 heteroatoms. The van der Waals surface area contributed by atoms with Gasteiger partial charge < -0.3 is 15.8 Å². The van der Waals surface area contributed by atoms with Gasteiger partial charge in [0.15, 0.2) is 0 Å². The summed E-state index contributed by atoms with van der Waals surface area (Å²) in [5.41, 5.74) is 7.89. The Morgan fingerprint density at radius 1 is 1.32 bits per heavy atom. The van der Waals surface area contributed by atoms with Crippen LogP contribution in [0.3, 0.4) is 0 Å². The van der Waals surface area contributed by atoms with Gasteiger partial charge in [0.1, 0.15) is 5.75 Å². The summed E-state index contributed by atoms with van der Waals surface area (Å²) in [7, 11) is 1.66. The molecule has 0 fully saturated rings. The van der Waals surface area contributed by atoms with Gasteiger partial charge in [0.05, 0.1) is 13.7 Å². The van der Waals surface area contributed by atoms with E-state index in [0.29, 0.717) is 13.0 Å². The molecule has 2 rings (SSSR count). The lowest BCUT2D eigenvalue weighted by molar-refractivity contribution is -0.121. The van der Waals surface area contributed by atoms with Gasteiger partial charge in [-0.15, -0.1) is 23.7 Å². The third-order valence-electron chi connectivity index (χ3n) is 3.04. The van der Waals surface area contributed by atoms with Crippen molar-refractivity contribution in [2.45, 2.75) is 25.9 Å². The zero-order chi connectivity index (χ0) is 15.2. The van der Waals surface area contributed by atoms with Crippen LogP contribution in [-0.2, 0) is 11.3 Å². The van der Waals surface area contributed by atoms with Crippen molar-refractivity contribution >= 4 is 29.7 Å². The third-order valence-corrected chi connectivity index (χ3v) is 3.98. The van der Waals surface area contributed by atoms with Gasteiger partial charge in [-0.25, -0.2) is 0 Å². The molecular formula is C16H21ClN2O2S. The summed E-state index contributed by atoms with van der Waals surface area (Å²) in [4.78, 5) is 12.7. The molecule has 1 amide bonds. The Kier molecular flexibility index (Phi) is 7.38. The molecule has 2 aromatic rings. The molecule has 1 heterocycles. The van der Waals surface area contributed by atoms with Gasteiger partial charge >= 0.3 is 0 Å². The second kappa shape index (κ2) is 8.78. The smallest absolute Gasteiger partial charge is 0.221 e. The van der Waals surface area contributed by atoms with Crippen molar-refractivity contribution in [3.8, 4) is 16.9 Å². The maximum absolute atomic E-state index is 11.6. The number of nitrogens with one attached hydrogen (secondary N) is 1. The summed E-state index contributed by atoms with van der Waals surface area (Å²) in [6.07, 6.45) is 0.358. The molecule has 0 saturated heterocycles. The number of hydrogen-bond acceptors (Lipinski definition) is 4. The molecule has 0 aliphatic carbocycles. The highest BCUT2D eigenvalue weighted by molar-refractivity contribution is 7.10. The molecule has 0 aliphatic rings. The number of nitrogens with two attached hydrogens (primary N) is 1. The molecule has 0 saturated carbocycles. The summed E-state index contributed by atoms with van der Waals surface area (Å²) in [5.74, 6) is 0.835. The van der Waals surface area contributed by atoms with Gasteiger partial charge in [-0.3, -0.25) is 4.79 Å². The van der Waals surface area contributed by atoms with Crippen LogP contribution >= 0.6 is 23.7 Å². The van der Waals surface area contributed by atoms with Crippen LogP contribution in [0.25, 0.3) is 11.1 Å². The molecule has 120 valence electrons. The van der Waals surface area contributed by atoms with Crippen LogP contribution in [0.5, 0.6) is 5.75 Å². The molecule has 1 aromatic carbocycles. The number of carbonyl (C=O) groups excluding carboxylic acids is 1. The number of thiophene rings is 1. The first-order valence-corrected chi connectivity index (χ1v) is 7.70. The van der Waals surface area contributed by atoms with Gasteiger partial charge in [-0.05, 0) is 41.6 Å². The summed E-state index contributed by atoms with van der Waals surface area (Å²) in [6, 6.07) is 9.93. The monoisotopic (exact) mass is 340 g/mol. The second-order valence-corrected chi connectivity index (χ2v) is 5.98. The minimum atomic E-state index is -0.108. The molecular weight excluding hydrogens is 320 g/mol. The van der Waals surface area contributed by atoms with Gasteiger partial charge in [0.2, 0.25) is 5.91 Å². The number of carbonyl (C=O) groups is 1. The molecule has 0 spiro atoms. The molecule has 0 aliphatic heterocycles. The van der Waals surface area contributed by atoms with Gasteiger partial charge in [0.25, 0.3) is 0 Å². The largest absolute Gasteiger partial charge is 0.497 e. The minimum absolute atomic E-state index is 0. The molecule has 22 heavy (non-hydrogen) atoms. The highest BCUT2D eigenvalue weighted by atomic mass is 35.5. The Morgan fingerprint density at radius 2 is 2.00 bits per heavy atom. The molecule has 0 bridgehead atoms. The summed E-state index contributed by atoms with van der Waals surface area (Å²) < 4.78 is 5.15. The Hall–Kier alpha value is -1.56. The van der Waals surface area contributed by atoms with E-state index in [4.69, 9.17) is 10.5 Å². The highest BCUT2D eigenvalue weighted by Gasteiger charge is 2.07. The maximum Gasteiger partial charge on any atom is 0.221 e. The van der Waals surface area contributed by atoms with Crippen LogP contribution < -0.4 is 15.8 Å². The van der Waals surface area contributed by atoms with Crippen LogP contribution in [0, 0.1) is 0 Å². The quantitative estimate of drug-likeness (QED) is 0.848. The van der Waals surface area contributed by atoms with Crippen molar-refractivity contribution in [2.75, 3.05) is 7.11 Å². The van der Waals surface area contributed by atoms with E-state index in [2.05, 4.69) is 16.8 Å². The topological polar surface area (TPSA) is 64.3 Å². The van der Waals surface area contributed by atoms with Gasteiger partial charge in [0, 0.05) is 17.3 Å². The van der Waals surface area contributed by atoms with Crippen LogP contribution in [0.2, 0.25) is 0 Å². The minimum Gasteiger partial charge on any atom is -0.497 e. The van der Waals surface area contributed by atoms with Crippen LogP contribution in [-0.4, -0.2) is 19.1 Å². The summed E-state index contributed by atoms with van der Waals surface area (Å²) in [6.45, 7) is 2.37. The number of methoxy groups -OCH3 is 1. The molecule has 3 N–H and O–H groups in total. The van der Waals surface area contributed by atoms with Gasteiger partial charge in [-0.1, -0.05) is 12.1 Å². The Labute approximate surface area is 141 Å². The summed E-state index contributed by atoms with van der Waals surface area (Å²) in [5, 5.41) is 4.98. The SMILES string of the molecule is COc1ccc(-c2csc(CNC(=O)CC(C)N)c2)cc1.Cl. The van der Waals surface area contributed by atoms with Crippen molar-refractivity contribution in [3.63, 3.8) is 0 Å². The van der Waals surface area contributed by atoms with E-state index in [0.717, 1.165) is 21.8 Å². The Morgan fingerprint density at radius 3 is 2.59 bits per heavy atom. The van der Waals surface area contributed by atoms with E-state index in [1.807, 2.05) is 31.2 Å². The van der Waals surface area contributed by atoms with E-state index in [1.165, 1.54) is 0 Å². The van der Waals surface area contributed by atoms with Crippen LogP contribution in [0.1, 0.15) is 18.2 Å². The zero-order valence-electron chi connectivity index (χ0n) is 12.7. The number of benzene rings is 1. The fourth-order valence-electron chi connectivity index (χ4n) is 1.96. The van der Waals surface area contributed by atoms with Crippen LogP contribution in [0.4, 0.5) is 0 Å². The molecule has 1 atom stereocenters. The lowest BCUT2D eigenvalue weighted by atomic mass is 10.1. The van der Waals surface area contributed by atoms with Crippen molar-refractivity contribution in [1.29, 1.82) is 0 Å². The fraction of sp³-hybridized carbons (Fsp3) is 0.312. The normalized spacial score (nSPS) is 11.4. The third kappa shape index (κ3) is 5.33. The summed E-state index contributed by atoms with van der Waals surface area (Å²) >= 11 is 1.64. The average molecular weight is 341 g/mol. The Bertz CT molecular complexity index is 596. The number of amides is 1. The number of rotatable bonds is 6. The average Bonchev–Trinajstić information content (AvgIpc) is 2.93. The maximum atomic E-state index is 11.6. The van der Waals surface area contributed by atoms with Crippen molar-refractivity contribution in [2.24, 2.45) is 5.73 Å². The Balaban J connectivity index is 0.00000242. The van der Waals surface area contributed by atoms with E-state index in [1.54, 1.807) is 18.4 Å². The molecule has 4 nitrogen and oxygen atoms in total. The van der Waals surface area contributed by atoms with Crippen molar-refractivity contribution in [3.05, 3.63) is 40.6 Å². The molecule has 0 radical (unpaired) electrons. The predicted molar refractivity (Wildman–Crippen MR) is 93.7 cm³/mol. The number of hydrogen-bond donors (Lipinski definition) is 2. The molecule has 1 aromatic heterocycles. The standard InChI is InChI=1S/C16H20N2O2S.ClH/c1-11(17)7-16(19)18-9-15-8-13(10-21-15)12-3-5-14(20-2)6-4-12;/h3-6,8,10-11H,7,9,17H2,1-2H3,(H,18,19);1H.